The number of thiazole rings is 1. The van der Waals surface area contributed by atoms with Gasteiger partial charge in [-0.2, -0.15) is 0 Å². The number of hydrogen-bond acceptors (Lipinski definition) is 5. The molecule has 0 aliphatic heterocycles. The molecule has 3 rings (SSSR count). The van der Waals surface area contributed by atoms with Crippen LogP contribution in [-0.4, -0.2) is 10.9 Å². The minimum Gasteiger partial charge on any atom is -0.322 e. The second-order valence-electron chi connectivity index (χ2n) is 4.40. The van der Waals surface area contributed by atoms with Crippen molar-refractivity contribution in [3.05, 3.63) is 50.9 Å². The Morgan fingerprint density at radius 3 is 2.68 bits per heavy atom. The first kappa shape index (κ1) is 15.4. The third kappa shape index (κ3) is 3.00. The van der Waals surface area contributed by atoms with E-state index in [-0.39, 0.29) is 5.91 Å². The molecule has 0 saturated carbocycles. The number of rotatable bonds is 3. The molecule has 112 valence electrons. The number of anilines is 2. The molecule has 0 aliphatic carbocycles. The van der Waals surface area contributed by atoms with Crippen LogP contribution in [0.15, 0.2) is 45.3 Å². The van der Waals surface area contributed by atoms with Crippen LogP contribution in [0.2, 0.25) is 0 Å². The van der Waals surface area contributed by atoms with Crippen LogP contribution in [0.1, 0.15) is 10.4 Å². The van der Waals surface area contributed by atoms with Crippen molar-refractivity contribution in [2.45, 2.75) is 0 Å². The lowest BCUT2D eigenvalue weighted by Crippen LogP contribution is -2.12. The Hall–Kier alpha value is -1.48. The first-order valence-corrected chi connectivity index (χ1v) is 8.61. The molecule has 0 fully saturated rings. The first-order valence-electron chi connectivity index (χ1n) is 6.21. The average Bonchev–Trinajstić information content (AvgIpc) is 2.91. The van der Waals surface area contributed by atoms with E-state index in [1.54, 1.807) is 6.07 Å². The van der Waals surface area contributed by atoms with E-state index in [0.717, 1.165) is 19.2 Å². The van der Waals surface area contributed by atoms with E-state index in [0.29, 0.717) is 16.4 Å². The van der Waals surface area contributed by atoms with Crippen LogP contribution in [-0.2, 0) is 0 Å². The number of nitrogen functional groups attached to an aromatic ring is 1. The predicted octanol–water partition coefficient (Wildman–Crippen LogP) is 4.36. The highest BCUT2D eigenvalue weighted by Gasteiger charge is 2.12. The number of carbonyl (C=O) groups is 1. The van der Waals surface area contributed by atoms with Gasteiger partial charge >= 0.3 is 0 Å². The Bertz CT molecular complexity index is 865. The van der Waals surface area contributed by atoms with Gasteiger partial charge in [-0.1, -0.05) is 23.5 Å². The zero-order valence-corrected chi connectivity index (χ0v) is 15.0. The SMILES string of the molecule is NNc1nc2c(Br)cc(NC(=O)c3ccccc3Br)cc2s1. The van der Waals surface area contributed by atoms with E-state index in [4.69, 9.17) is 5.84 Å². The fraction of sp³-hybridized carbons (Fsp3) is 0. The summed E-state index contributed by atoms with van der Waals surface area (Å²) in [6.07, 6.45) is 0. The number of hydrazine groups is 1. The average molecular weight is 442 g/mol. The number of nitrogens with zero attached hydrogens (tertiary/aromatic N) is 1. The number of aromatic nitrogens is 1. The van der Waals surface area contributed by atoms with Gasteiger partial charge < -0.3 is 5.32 Å². The monoisotopic (exact) mass is 440 g/mol. The van der Waals surface area contributed by atoms with Gasteiger partial charge in [0.1, 0.15) is 0 Å². The summed E-state index contributed by atoms with van der Waals surface area (Å²) in [6, 6.07) is 11.0. The molecule has 8 heteroatoms. The van der Waals surface area contributed by atoms with Crippen LogP contribution < -0.4 is 16.6 Å². The lowest BCUT2D eigenvalue weighted by Gasteiger charge is -2.07. The number of nitrogens with one attached hydrogen (secondary N) is 2. The first-order chi connectivity index (χ1) is 10.6. The fourth-order valence-electron chi connectivity index (χ4n) is 1.97. The van der Waals surface area contributed by atoms with Crippen LogP contribution in [0.4, 0.5) is 10.8 Å². The summed E-state index contributed by atoms with van der Waals surface area (Å²) in [5, 5.41) is 3.50. The summed E-state index contributed by atoms with van der Waals surface area (Å²) in [5.74, 6) is 5.20. The molecule has 22 heavy (non-hydrogen) atoms. The van der Waals surface area contributed by atoms with E-state index in [1.165, 1.54) is 11.3 Å². The molecule has 0 aliphatic rings. The molecule has 0 spiro atoms. The standard InChI is InChI=1S/C14H10Br2N4OS/c15-9-4-2-1-3-8(9)13(21)18-7-5-10(16)12-11(6-7)22-14(19-12)20-17/h1-6H,17H2,(H,18,21)(H,19,20). The normalized spacial score (nSPS) is 10.7. The summed E-state index contributed by atoms with van der Waals surface area (Å²) in [6.45, 7) is 0. The van der Waals surface area contributed by atoms with Gasteiger partial charge in [-0.15, -0.1) is 0 Å². The Balaban J connectivity index is 1.94. The van der Waals surface area contributed by atoms with Gasteiger partial charge in [0.05, 0.1) is 15.8 Å². The maximum Gasteiger partial charge on any atom is 0.256 e. The third-order valence-electron chi connectivity index (χ3n) is 2.95. The molecule has 5 nitrogen and oxygen atoms in total. The quantitative estimate of drug-likeness (QED) is 0.416. The number of halogens is 2. The molecule has 4 N–H and O–H groups in total. The maximum absolute atomic E-state index is 12.3. The molecule has 2 aromatic carbocycles. The summed E-state index contributed by atoms with van der Waals surface area (Å²) >= 11 is 8.26. The van der Waals surface area contributed by atoms with Crippen molar-refractivity contribution < 1.29 is 4.79 Å². The second kappa shape index (κ2) is 6.33. The van der Waals surface area contributed by atoms with Gasteiger partial charge in [-0.05, 0) is 56.1 Å². The number of amides is 1. The molecule has 0 radical (unpaired) electrons. The molecule has 0 atom stereocenters. The van der Waals surface area contributed by atoms with Crippen molar-refractivity contribution >= 4 is 70.1 Å². The zero-order valence-electron chi connectivity index (χ0n) is 11.1. The van der Waals surface area contributed by atoms with Crippen molar-refractivity contribution in [3.8, 4) is 0 Å². The largest absolute Gasteiger partial charge is 0.322 e. The van der Waals surface area contributed by atoms with E-state index in [1.807, 2.05) is 30.3 Å². The Labute approximate surface area is 147 Å². The van der Waals surface area contributed by atoms with Crippen LogP contribution in [0.25, 0.3) is 10.2 Å². The summed E-state index contributed by atoms with van der Waals surface area (Å²) in [5.41, 5.74) is 4.60. The summed E-state index contributed by atoms with van der Waals surface area (Å²) < 4.78 is 2.47. The molecule has 0 saturated heterocycles. The van der Waals surface area contributed by atoms with Crippen molar-refractivity contribution in [1.82, 2.24) is 4.98 Å². The number of hydrogen-bond donors (Lipinski definition) is 3. The van der Waals surface area contributed by atoms with E-state index < -0.39 is 0 Å². The van der Waals surface area contributed by atoms with Gasteiger partial charge in [-0.25, -0.2) is 10.8 Å². The highest BCUT2D eigenvalue weighted by molar-refractivity contribution is 9.11. The maximum atomic E-state index is 12.3. The molecular formula is C14H10Br2N4OS. The predicted molar refractivity (Wildman–Crippen MR) is 97.2 cm³/mol. The Kier molecular flexibility index (Phi) is 4.44. The minimum atomic E-state index is -0.180. The van der Waals surface area contributed by atoms with Crippen LogP contribution in [0.5, 0.6) is 0 Å². The fourth-order valence-corrected chi connectivity index (χ4v) is 3.95. The van der Waals surface area contributed by atoms with Gasteiger partial charge in [0.25, 0.3) is 5.91 Å². The van der Waals surface area contributed by atoms with E-state index in [2.05, 4.69) is 47.6 Å². The van der Waals surface area contributed by atoms with E-state index in [9.17, 15) is 4.79 Å². The highest BCUT2D eigenvalue weighted by atomic mass is 79.9. The Morgan fingerprint density at radius 1 is 1.18 bits per heavy atom. The third-order valence-corrected chi connectivity index (χ3v) is 5.18. The van der Waals surface area contributed by atoms with Crippen LogP contribution in [0, 0.1) is 0 Å². The van der Waals surface area contributed by atoms with Gasteiger partial charge in [0.2, 0.25) is 0 Å². The topological polar surface area (TPSA) is 80.0 Å². The number of benzene rings is 2. The number of fused-ring (bicyclic) bond motifs is 1. The van der Waals surface area contributed by atoms with Gasteiger partial charge in [-0.3, -0.25) is 10.2 Å². The van der Waals surface area contributed by atoms with Gasteiger partial charge in [0.15, 0.2) is 5.13 Å². The highest BCUT2D eigenvalue weighted by Crippen LogP contribution is 2.34. The number of nitrogens with two attached hydrogens (primary N) is 1. The lowest BCUT2D eigenvalue weighted by molar-refractivity contribution is 0.102. The zero-order chi connectivity index (χ0) is 15.7. The smallest absolute Gasteiger partial charge is 0.256 e. The van der Waals surface area contributed by atoms with Crippen molar-refractivity contribution in [1.29, 1.82) is 0 Å². The molecule has 1 heterocycles. The Morgan fingerprint density at radius 2 is 1.95 bits per heavy atom. The van der Waals surface area contributed by atoms with Gasteiger partial charge in [0, 0.05) is 14.6 Å². The summed E-state index contributed by atoms with van der Waals surface area (Å²) in [4.78, 5) is 16.7. The number of carbonyl (C=O) groups excluding carboxylic acids is 1. The molecule has 0 bridgehead atoms. The van der Waals surface area contributed by atoms with Crippen LogP contribution >= 0.6 is 43.2 Å². The molecule has 1 amide bonds. The second-order valence-corrected chi connectivity index (χ2v) is 7.14. The molecule has 3 aromatic rings. The molecule has 1 aromatic heterocycles. The van der Waals surface area contributed by atoms with Crippen LogP contribution in [0.3, 0.4) is 0 Å². The molecule has 0 unspecified atom stereocenters. The van der Waals surface area contributed by atoms with Crippen molar-refractivity contribution in [2.75, 3.05) is 10.7 Å². The minimum absolute atomic E-state index is 0.180. The summed E-state index contributed by atoms with van der Waals surface area (Å²) in [7, 11) is 0. The van der Waals surface area contributed by atoms with Crippen molar-refractivity contribution in [2.24, 2.45) is 5.84 Å². The lowest BCUT2D eigenvalue weighted by atomic mass is 10.2. The molecular weight excluding hydrogens is 432 g/mol. The van der Waals surface area contributed by atoms with Crippen molar-refractivity contribution in [3.63, 3.8) is 0 Å². The van der Waals surface area contributed by atoms with E-state index >= 15 is 0 Å².